The molecule has 2 rings (SSSR count). The molecule has 94 valence electrons. The Hall–Kier alpha value is -1.65. The van der Waals surface area contributed by atoms with Crippen LogP contribution in [0.5, 0.6) is 0 Å². The zero-order chi connectivity index (χ0) is 13.3. The van der Waals surface area contributed by atoms with Crippen LogP contribution in [0, 0.1) is 0 Å². The molecule has 0 amide bonds. The number of methoxy groups -OCH3 is 1. The van der Waals surface area contributed by atoms with Gasteiger partial charge in [-0.05, 0) is 18.2 Å². The Morgan fingerprint density at radius 2 is 2.06 bits per heavy atom. The van der Waals surface area contributed by atoms with E-state index in [0.29, 0.717) is 21.4 Å². The molecule has 0 radical (unpaired) electrons. The Bertz CT molecular complexity index is 607. The molecule has 6 heteroatoms. The van der Waals surface area contributed by atoms with E-state index in [1.807, 2.05) is 0 Å². The van der Waals surface area contributed by atoms with Crippen molar-refractivity contribution in [1.29, 1.82) is 0 Å². The molecule has 0 bridgehead atoms. The average Bonchev–Trinajstić information content (AvgIpc) is 2.73. The van der Waals surface area contributed by atoms with Gasteiger partial charge in [-0.3, -0.25) is 0 Å². The molecular weight excluding hydrogens is 277 g/mol. The fraction of sp³-hybridized carbons (Fsp3) is 0.0833. The molecule has 0 aliphatic rings. The minimum Gasteiger partial charge on any atom is -0.463 e. The van der Waals surface area contributed by atoms with Crippen molar-refractivity contribution in [3.05, 3.63) is 40.1 Å². The van der Waals surface area contributed by atoms with Gasteiger partial charge in [0, 0.05) is 16.7 Å². The summed E-state index contributed by atoms with van der Waals surface area (Å²) in [6.45, 7) is 0. The summed E-state index contributed by atoms with van der Waals surface area (Å²) in [7, 11) is 1.25. The standard InChI is InChI=1S/C12H9Cl2NO3/c1-17-12(16)11-9(15)5-10(18-11)7-4-6(13)2-3-8(7)14/h2-5H,15H2,1H3. The number of hydrogen-bond donors (Lipinski definition) is 1. The lowest BCUT2D eigenvalue weighted by Gasteiger charge is -2.01. The van der Waals surface area contributed by atoms with Gasteiger partial charge in [-0.1, -0.05) is 23.2 Å². The highest BCUT2D eigenvalue weighted by molar-refractivity contribution is 6.35. The van der Waals surface area contributed by atoms with Crippen molar-refractivity contribution in [2.24, 2.45) is 0 Å². The number of nitrogen functional groups attached to an aromatic ring is 1. The van der Waals surface area contributed by atoms with Gasteiger partial charge in [0.05, 0.1) is 17.8 Å². The SMILES string of the molecule is COC(=O)c1oc(-c2cc(Cl)ccc2Cl)cc1N. The van der Waals surface area contributed by atoms with Gasteiger partial charge in [-0.2, -0.15) is 0 Å². The van der Waals surface area contributed by atoms with Crippen LogP contribution < -0.4 is 5.73 Å². The second-order valence-electron chi connectivity index (χ2n) is 3.51. The molecule has 0 unspecified atom stereocenters. The van der Waals surface area contributed by atoms with Crippen LogP contribution in [0.25, 0.3) is 11.3 Å². The summed E-state index contributed by atoms with van der Waals surface area (Å²) in [5, 5.41) is 0.952. The molecule has 0 aliphatic heterocycles. The zero-order valence-electron chi connectivity index (χ0n) is 9.37. The Morgan fingerprint density at radius 1 is 1.33 bits per heavy atom. The van der Waals surface area contributed by atoms with Crippen LogP contribution in [0.4, 0.5) is 5.69 Å². The van der Waals surface area contributed by atoms with Gasteiger partial charge in [0.15, 0.2) is 0 Å². The molecule has 1 aromatic heterocycles. The number of benzene rings is 1. The fourth-order valence-electron chi connectivity index (χ4n) is 1.48. The van der Waals surface area contributed by atoms with Crippen LogP contribution in [-0.2, 0) is 4.74 Å². The van der Waals surface area contributed by atoms with E-state index in [9.17, 15) is 4.79 Å². The Kier molecular flexibility index (Phi) is 3.50. The number of rotatable bonds is 2. The maximum Gasteiger partial charge on any atom is 0.376 e. The van der Waals surface area contributed by atoms with Crippen LogP contribution >= 0.6 is 23.2 Å². The number of furan rings is 1. The van der Waals surface area contributed by atoms with Gasteiger partial charge < -0.3 is 14.9 Å². The summed E-state index contributed by atoms with van der Waals surface area (Å²) in [6, 6.07) is 6.42. The molecule has 2 N–H and O–H groups in total. The van der Waals surface area contributed by atoms with E-state index in [1.165, 1.54) is 13.2 Å². The molecule has 2 aromatic rings. The summed E-state index contributed by atoms with van der Waals surface area (Å²) in [4.78, 5) is 11.4. The molecule has 0 fully saturated rings. The van der Waals surface area contributed by atoms with Gasteiger partial charge in [0.1, 0.15) is 5.76 Å². The van der Waals surface area contributed by atoms with Crippen molar-refractivity contribution in [3.8, 4) is 11.3 Å². The smallest absolute Gasteiger partial charge is 0.376 e. The normalized spacial score (nSPS) is 10.4. The number of carbonyl (C=O) groups excluding carboxylic acids is 1. The number of anilines is 1. The lowest BCUT2D eigenvalue weighted by atomic mass is 10.2. The third-order valence-electron chi connectivity index (χ3n) is 2.33. The van der Waals surface area contributed by atoms with Crippen molar-refractivity contribution in [2.45, 2.75) is 0 Å². The second kappa shape index (κ2) is 4.92. The first kappa shape index (κ1) is 12.8. The highest BCUT2D eigenvalue weighted by Crippen LogP contribution is 2.34. The van der Waals surface area contributed by atoms with Gasteiger partial charge in [0.2, 0.25) is 5.76 Å². The highest BCUT2D eigenvalue weighted by atomic mass is 35.5. The van der Waals surface area contributed by atoms with Crippen LogP contribution in [-0.4, -0.2) is 13.1 Å². The number of hydrogen-bond acceptors (Lipinski definition) is 4. The monoisotopic (exact) mass is 285 g/mol. The summed E-state index contributed by atoms with van der Waals surface area (Å²) < 4.78 is 9.89. The summed E-state index contributed by atoms with van der Waals surface area (Å²) in [6.07, 6.45) is 0. The topological polar surface area (TPSA) is 65.5 Å². The van der Waals surface area contributed by atoms with E-state index in [0.717, 1.165) is 0 Å². The van der Waals surface area contributed by atoms with Crippen molar-refractivity contribution < 1.29 is 13.9 Å². The molecule has 0 saturated carbocycles. The van der Waals surface area contributed by atoms with E-state index in [-0.39, 0.29) is 11.4 Å². The van der Waals surface area contributed by atoms with Gasteiger partial charge in [-0.25, -0.2) is 4.79 Å². The predicted molar refractivity (Wildman–Crippen MR) is 69.9 cm³/mol. The minimum absolute atomic E-state index is 0.0523. The van der Waals surface area contributed by atoms with Crippen molar-refractivity contribution in [2.75, 3.05) is 12.8 Å². The fourth-order valence-corrected chi connectivity index (χ4v) is 1.86. The average molecular weight is 286 g/mol. The van der Waals surface area contributed by atoms with Crippen LogP contribution in [0.1, 0.15) is 10.6 Å². The first-order chi connectivity index (χ1) is 8.52. The van der Waals surface area contributed by atoms with Crippen molar-refractivity contribution in [1.82, 2.24) is 0 Å². The number of nitrogens with two attached hydrogens (primary N) is 1. The van der Waals surface area contributed by atoms with E-state index in [4.69, 9.17) is 33.4 Å². The molecule has 18 heavy (non-hydrogen) atoms. The Morgan fingerprint density at radius 3 is 2.72 bits per heavy atom. The summed E-state index contributed by atoms with van der Waals surface area (Å²) in [5.74, 6) is -0.333. The van der Waals surface area contributed by atoms with Crippen LogP contribution in [0.2, 0.25) is 10.0 Å². The summed E-state index contributed by atoms with van der Waals surface area (Å²) in [5.41, 5.74) is 6.42. The number of carbonyl (C=O) groups is 1. The van der Waals surface area contributed by atoms with E-state index in [1.54, 1.807) is 18.2 Å². The molecule has 0 atom stereocenters. The van der Waals surface area contributed by atoms with Crippen LogP contribution in [0.3, 0.4) is 0 Å². The quantitative estimate of drug-likeness (QED) is 0.856. The van der Waals surface area contributed by atoms with Crippen LogP contribution in [0.15, 0.2) is 28.7 Å². The number of halogens is 2. The van der Waals surface area contributed by atoms with Gasteiger partial charge >= 0.3 is 5.97 Å². The van der Waals surface area contributed by atoms with Gasteiger partial charge in [-0.15, -0.1) is 0 Å². The largest absolute Gasteiger partial charge is 0.463 e. The molecule has 4 nitrogen and oxygen atoms in total. The third-order valence-corrected chi connectivity index (χ3v) is 2.89. The van der Waals surface area contributed by atoms with Gasteiger partial charge in [0.25, 0.3) is 0 Å². The summed E-state index contributed by atoms with van der Waals surface area (Å²) >= 11 is 11.9. The first-order valence-corrected chi connectivity index (χ1v) is 5.71. The molecule has 0 aliphatic carbocycles. The van der Waals surface area contributed by atoms with Crippen molar-refractivity contribution >= 4 is 34.9 Å². The van der Waals surface area contributed by atoms with E-state index >= 15 is 0 Å². The maximum absolute atomic E-state index is 11.4. The maximum atomic E-state index is 11.4. The lowest BCUT2D eigenvalue weighted by Crippen LogP contribution is -2.02. The molecule has 1 aromatic carbocycles. The number of ether oxygens (including phenoxy) is 1. The minimum atomic E-state index is -0.642. The molecular formula is C12H9Cl2NO3. The first-order valence-electron chi connectivity index (χ1n) is 4.96. The number of esters is 1. The zero-order valence-corrected chi connectivity index (χ0v) is 10.9. The highest BCUT2D eigenvalue weighted by Gasteiger charge is 2.19. The Labute approximate surface area is 113 Å². The van der Waals surface area contributed by atoms with Crippen molar-refractivity contribution in [3.63, 3.8) is 0 Å². The Balaban J connectivity index is 2.52. The van der Waals surface area contributed by atoms with E-state index in [2.05, 4.69) is 4.74 Å². The molecule has 1 heterocycles. The lowest BCUT2D eigenvalue weighted by molar-refractivity contribution is 0.0567. The molecule has 0 spiro atoms. The third kappa shape index (κ3) is 2.30. The van der Waals surface area contributed by atoms with E-state index < -0.39 is 5.97 Å². The second-order valence-corrected chi connectivity index (χ2v) is 4.35. The molecule has 0 saturated heterocycles. The predicted octanol–water partition coefficient (Wildman–Crippen LogP) is 3.62.